The summed E-state index contributed by atoms with van der Waals surface area (Å²) in [7, 11) is 0. The first kappa shape index (κ1) is 13.4. The SMILES string of the molecule is ClP12(ON=C(c3ccccc3)O1)ON=C(c1ccccc1)O2. The molecule has 0 N–H and O–H groups in total. The van der Waals surface area contributed by atoms with Crippen LogP contribution in [0.15, 0.2) is 71.0 Å². The number of benzene rings is 2. The van der Waals surface area contributed by atoms with Gasteiger partial charge in [-0.2, -0.15) is 0 Å². The second-order valence-corrected chi connectivity index (χ2v) is 8.39. The number of halogens is 1. The van der Waals surface area contributed by atoms with Gasteiger partial charge in [-0.15, -0.1) is 0 Å². The Morgan fingerprint density at radius 1 is 0.682 bits per heavy atom. The van der Waals surface area contributed by atoms with E-state index in [4.69, 9.17) is 29.5 Å². The molecule has 22 heavy (non-hydrogen) atoms. The summed E-state index contributed by atoms with van der Waals surface area (Å²) in [6.45, 7) is -4.38. The number of oxime groups is 2. The van der Waals surface area contributed by atoms with Crippen molar-refractivity contribution in [2.24, 2.45) is 10.3 Å². The average molecular weight is 337 g/mol. The maximum absolute atomic E-state index is 6.36. The van der Waals surface area contributed by atoms with E-state index in [1.54, 1.807) is 0 Å². The van der Waals surface area contributed by atoms with E-state index >= 15 is 0 Å². The Bertz CT molecular complexity index is 716. The molecule has 4 rings (SSSR count). The molecule has 2 heterocycles. The van der Waals surface area contributed by atoms with Crippen LogP contribution in [-0.4, -0.2) is 11.8 Å². The van der Waals surface area contributed by atoms with E-state index in [2.05, 4.69) is 10.3 Å². The number of rotatable bonds is 2. The fourth-order valence-electron chi connectivity index (χ4n) is 1.99. The van der Waals surface area contributed by atoms with Gasteiger partial charge in [-0.25, -0.2) is 0 Å². The van der Waals surface area contributed by atoms with Gasteiger partial charge in [0.15, 0.2) is 0 Å². The fourth-order valence-corrected chi connectivity index (χ4v) is 4.01. The predicted octanol–water partition coefficient (Wildman–Crippen LogP) is 4.17. The summed E-state index contributed by atoms with van der Waals surface area (Å²) in [6, 6.07) is 18.4. The molecule has 2 aliphatic rings. The second-order valence-electron chi connectivity index (χ2n) is 4.59. The zero-order valence-electron chi connectivity index (χ0n) is 11.1. The molecule has 112 valence electrons. The van der Waals surface area contributed by atoms with Crippen molar-refractivity contribution in [3.05, 3.63) is 71.8 Å². The van der Waals surface area contributed by atoms with Crippen LogP contribution in [0, 0.1) is 0 Å². The summed E-state index contributed by atoms with van der Waals surface area (Å²) in [5, 5.41) is 7.68. The van der Waals surface area contributed by atoms with Gasteiger partial charge in [-0.05, 0) is 0 Å². The fraction of sp³-hybridized carbons (Fsp3) is 0. The van der Waals surface area contributed by atoms with Gasteiger partial charge in [0.2, 0.25) is 0 Å². The predicted molar refractivity (Wildman–Crippen MR) is 83.1 cm³/mol. The van der Waals surface area contributed by atoms with Crippen molar-refractivity contribution in [1.29, 1.82) is 0 Å². The molecule has 6 nitrogen and oxygen atoms in total. The van der Waals surface area contributed by atoms with Crippen LogP contribution >= 0.6 is 18.1 Å². The first-order valence-corrected chi connectivity index (χ1v) is 9.25. The molecule has 0 fully saturated rings. The molecule has 0 saturated carbocycles. The third-order valence-electron chi connectivity index (χ3n) is 3.02. The molecule has 0 saturated heterocycles. The van der Waals surface area contributed by atoms with Gasteiger partial charge < -0.3 is 0 Å². The van der Waals surface area contributed by atoms with Crippen LogP contribution < -0.4 is 0 Å². The Kier molecular flexibility index (Phi) is 2.79. The summed E-state index contributed by atoms with van der Waals surface area (Å²) < 4.78 is 21.6. The Labute approximate surface area is 130 Å². The first-order chi connectivity index (χ1) is 10.6. The van der Waals surface area contributed by atoms with Crippen LogP contribution in [0.4, 0.5) is 0 Å². The normalized spacial score (nSPS) is 22.1. The molecule has 0 aliphatic carbocycles. The van der Waals surface area contributed by atoms with Gasteiger partial charge >= 0.3 is 130 Å². The summed E-state index contributed by atoms with van der Waals surface area (Å²) in [6.07, 6.45) is 0. The third kappa shape index (κ3) is 2.17. The van der Waals surface area contributed by atoms with Crippen molar-refractivity contribution < 1.29 is 18.3 Å². The van der Waals surface area contributed by atoms with Gasteiger partial charge in [-0.3, -0.25) is 0 Å². The number of hydrogen-bond acceptors (Lipinski definition) is 6. The molecule has 2 aliphatic heterocycles. The Hall–Kier alpha value is -2.30. The molecule has 8 heteroatoms. The number of hydrogen-bond donors (Lipinski definition) is 0. The van der Waals surface area contributed by atoms with Crippen molar-refractivity contribution in [2.75, 3.05) is 0 Å². The van der Waals surface area contributed by atoms with E-state index in [1.807, 2.05) is 60.7 Å². The quantitative estimate of drug-likeness (QED) is 0.772. The van der Waals surface area contributed by atoms with Gasteiger partial charge in [0.05, 0.1) is 0 Å². The van der Waals surface area contributed by atoms with E-state index in [9.17, 15) is 0 Å². The topological polar surface area (TPSA) is 61.6 Å². The van der Waals surface area contributed by atoms with E-state index < -0.39 is 6.86 Å². The van der Waals surface area contributed by atoms with Gasteiger partial charge in [0.25, 0.3) is 0 Å². The van der Waals surface area contributed by atoms with Crippen LogP contribution in [0.5, 0.6) is 0 Å². The van der Waals surface area contributed by atoms with Gasteiger partial charge in [0.1, 0.15) is 0 Å². The molecule has 2 aromatic carbocycles. The zero-order chi connectivity index (χ0) is 15.1. The van der Waals surface area contributed by atoms with Gasteiger partial charge in [0, 0.05) is 0 Å². The molecule has 0 aromatic heterocycles. The molecule has 0 amide bonds. The van der Waals surface area contributed by atoms with Crippen molar-refractivity contribution >= 4 is 29.9 Å². The molecular formula is C14H10ClN2O4P. The number of nitrogens with zero attached hydrogens (tertiary/aromatic N) is 2. The van der Waals surface area contributed by atoms with Crippen LogP contribution in [-0.2, 0) is 18.3 Å². The van der Waals surface area contributed by atoms with Crippen molar-refractivity contribution in [3.63, 3.8) is 0 Å². The van der Waals surface area contributed by atoms with Gasteiger partial charge in [-0.1, -0.05) is 0 Å². The van der Waals surface area contributed by atoms with Crippen molar-refractivity contribution in [3.8, 4) is 0 Å². The molecule has 0 radical (unpaired) electrons. The molecule has 2 aromatic rings. The van der Waals surface area contributed by atoms with Crippen LogP contribution in [0.25, 0.3) is 0 Å². The molecule has 0 bridgehead atoms. The zero-order valence-corrected chi connectivity index (χ0v) is 12.8. The van der Waals surface area contributed by atoms with E-state index in [0.717, 1.165) is 0 Å². The molecule has 0 unspecified atom stereocenters. The van der Waals surface area contributed by atoms with Crippen molar-refractivity contribution in [1.82, 2.24) is 0 Å². The Morgan fingerprint density at radius 2 is 1.09 bits per heavy atom. The Balaban J connectivity index is 1.58. The summed E-state index contributed by atoms with van der Waals surface area (Å²) in [4.78, 5) is 0. The molecular weight excluding hydrogens is 327 g/mol. The van der Waals surface area contributed by atoms with E-state index in [1.165, 1.54) is 0 Å². The molecule has 0 atom stereocenters. The second kappa shape index (κ2) is 4.60. The van der Waals surface area contributed by atoms with E-state index in [0.29, 0.717) is 11.1 Å². The van der Waals surface area contributed by atoms with Crippen LogP contribution in [0.1, 0.15) is 11.1 Å². The van der Waals surface area contributed by atoms with Crippen LogP contribution in [0.3, 0.4) is 0 Å². The first-order valence-electron chi connectivity index (χ1n) is 6.44. The summed E-state index contributed by atoms with van der Waals surface area (Å²) in [5.41, 5.74) is 1.40. The standard InChI is InChI=1S/C14H10ClN2O4P/c15-22(18-13(16-20-22)11-7-3-1-4-8-11)19-14(17-21-22)12-9-5-2-6-10-12/h1-10H. The van der Waals surface area contributed by atoms with Crippen LogP contribution in [0.2, 0.25) is 0 Å². The monoisotopic (exact) mass is 336 g/mol. The third-order valence-corrected chi connectivity index (χ3v) is 5.42. The average Bonchev–Trinajstić information content (AvgIpc) is 3.11. The summed E-state index contributed by atoms with van der Waals surface area (Å²) in [5.74, 6) is 0.385. The van der Waals surface area contributed by atoms with Crippen molar-refractivity contribution in [2.45, 2.75) is 0 Å². The minimum absolute atomic E-state index is 0.192. The molecule has 1 spiro atoms. The minimum atomic E-state index is -4.38. The Morgan fingerprint density at radius 3 is 1.50 bits per heavy atom. The summed E-state index contributed by atoms with van der Waals surface area (Å²) >= 11 is 6.36. The maximum atomic E-state index is 6.36. The van der Waals surface area contributed by atoms with E-state index in [-0.39, 0.29) is 11.8 Å².